The zero-order chi connectivity index (χ0) is 20.8. The van der Waals surface area contributed by atoms with Crippen molar-refractivity contribution in [1.29, 1.82) is 0 Å². The van der Waals surface area contributed by atoms with Gasteiger partial charge < -0.3 is 15.2 Å². The average Bonchev–Trinajstić information content (AvgIpc) is 3.44. The van der Waals surface area contributed by atoms with Crippen molar-refractivity contribution in [3.05, 3.63) is 72.1 Å². The number of carbonyl (C=O) groups excluding carboxylic acids is 1. The fraction of sp³-hybridized carbons (Fsp3) is 0.136. The molecular formula is C22H21N5OS2. The quantitative estimate of drug-likeness (QED) is 0.358. The monoisotopic (exact) mass is 435 g/mol. The Morgan fingerprint density at radius 1 is 0.967 bits per heavy atom. The van der Waals surface area contributed by atoms with Gasteiger partial charge in [-0.15, -0.1) is 21.5 Å². The molecule has 152 valence electrons. The lowest BCUT2D eigenvalue weighted by Gasteiger charge is -2.09. The molecule has 0 bridgehead atoms. The number of nitrogens with one attached hydrogen (secondary N) is 2. The van der Waals surface area contributed by atoms with E-state index >= 15 is 0 Å². The van der Waals surface area contributed by atoms with Gasteiger partial charge in [0, 0.05) is 23.6 Å². The Morgan fingerprint density at radius 2 is 1.70 bits per heavy atom. The van der Waals surface area contributed by atoms with E-state index in [2.05, 4.69) is 27.8 Å². The Bertz CT molecular complexity index is 1090. The van der Waals surface area contributed by atoms with Crippen molar-refractivity contribution in [3.8, 4) is 10.7 Å². The molecule has 0 saturated heterocycles. The van der Waals surface area contributed by atoms with Crippen LogP contribution in [0, 0.1) is 0 Å². The van der Waals surface area contributed by atoms with Crippen LogP contribution in [0.15, 0.2) is 77.3 Å². The van der Waals surface area contributed by atoms with Crippen LogP contribution in [0.3, 0.4) is 0 Å². The fourth-order valence-electron chi connectivity index (χ4n) is 2.92. The minimum Gasteiger partial charge on any atom is -0.356 e. The molecule has 0 atom stereocenters. The van der Waals surface area contributed by atoms with Crippen LogP contribution < -0.4 is 10.6 Å². The van der Waals surface area contributed by atoms with Gasteiger partial charge in [0.1, 0.15) is 0 Å². The number of anilines is 3. The van der Waals surface area contributed by atoms with Crippen LogP contribution in [-0.2, 0) is 11.3 Å². The highest BCUT2D eigenvalue weighted by Gasteiger charge is 2.15. The summed E-state index contributed by atoms with van der Waals surface area (Å²) in [6.07, 6.45) is 0. The number of hydrogen-bond acceptors (Lipinski definition) is 6. The number of para-hydroxylation sites is 1. The van der Waals surface area contributed by atoms with Crippen LogP contribution in [0.1, 0.15) is 6.92 Å². The van der Waals surface area contributed by atoms with Crippen molar-refractivity contribution in [1.82, 2.24) is 14.8 Å². The summed E-state index contributed by atoms with van der Waals surface area (Å²) in [5.74, 6) is 1.04. The van der Waals surface area contributed by atoms with Gasteiger partial charge >= 0.3 is 0 Å². The maximum Gasteiger partial charge on any atom is 0.234 e. The second-order valence-electron chi connectivity index (χ2n) is 6.43. The molecule has 0 saturated carbocycles. The van der Waals surface area contributed by atoms with Gasteiger partial charge in [-0.3, -0.25) is 4.79 Å². The highest BCUT2D eigenvalue weighted by molar-refractivity contribution is 7.99. The van der Waals surface area contributed by atoms with Crippen LogP contribution in [-0.4, -0.2) is 26.4 Å². The summed E-state index contributed by atoms with van der Waals surface area (Å²) in [6.45, 7) is 2.80. The molecule has 6 nitrogen and oxygen atoms in total. The molecular weight excluding hydrogens is 414 g/mol. The van der Waals surface area contributed by atoms with Gasteiger partial charge in [0.2, 0.25) is 5.91 Å². The summed E-state index contributed by atoms with van der Waals surface area (Å²) in [6, 6.07) is 21.6. The third-order valence-electron chi connectivity index (χ3n) is 4.34. The molecule has 4 aromatic rings. The summed E-state index contributed by atoms with van der Waals surface area (Å²) in [5, 5.41) is 17.6. The van der Waals surface area contributed by atoms with E-state index in [0.29, 0.717) is 0 Å². The van der Waals surface area contributed by atoms with Crippen LogP contribution in [0.5, 0.6) is 0 Å². The molecule has 0 aliphatic heterocycles. The van der Waals surface area contributed by atoms with Crippen molar-refractivity contribution >= 4 is 46.1 Å². The van der Waals surface area contributed by atoms with Crippen molar-refractivity contribution in [2.75, 3.05) is 16.4 Å². The summed E-state index contributed by atoms with van der Waals surface area (Å²) in [5.41, 5.74) is 2.74. The van der Waals surface area contributed by atoms with E-state index in [1.165, 1.54) is 11.8 Å². The molecule has 4 rings (SSSR count). The first-order valence-corrected chi connectivity index (χ1v) is 11.4. The Balaban J connectivity index is 1.33. The van der Waals surface area contributed by atoms with E-state index in [1.54, 1.807) is 11.3 Å². The minimum absolute atomic E-state index is 0.0768. The lowest BCUT2D eigenvalue weighted by atomic mass is 10.2. The molecule has 0 unspecified atom stereocenters. The Kier molecular flexibility index (Phi) is 6.46. The summed E-state index contributed by atoms with van der Waals surface area (Å²) < 4.78 is 2.04. The fourth-order valence-corrected chi connectivity index (χ4v) is 4.44. The molecule has 2 N–H and O–H groups in total. The second-order valence-corrected chi connectivity index (χ2v) is 8.32. The van der Waals surface area contributed by atoms with Crippen molar-refractivity contribution < 1.29 is 4.79 Å². The number of rotatable bonds is 8. The average molecular weight is 436 g/mol. The Morgan fingerprint density at radius 3 is 2.40 bits per heavy atom. The van der Waals surface area contributed by atoms with Crippen LogP contribution in [0.4, 0.5) is 17.1 Å². The number of amides is 1. The van der Waals surface area contributed by atoms with Gasteiger partial charge in [-0.05, 0) is 54.8 Å². The molecule has 0 spiro atoms. The predicted octanol–water partition coefficient (Wildman–Crippen LogP) is 5.50. The maximum atomic E-state index is 12.4. The minimum atomic E-state index is -0.0768. The largest absolute Gasteiger partial charge is 0.356 e. The lowest BCUT2D eigenvalue weighted by Crippen LogP contribution is -2.14. The number of benzene rings is 2. The number of thioether (sulfide) groups is 1. The second kappa shape index (κ2) is 9.60. The van der Waals surface area contributed by atoms with Gasteiger partial charge in [-0.25, -0.2) is 0 Å². The number of hydrogen-bond donors (Lipinski definition) is 2. The summed E-state index contributed by atoms with van der Waals surface area (Å²) in [7, 11) is 0. The number of thiophene rings is 1. The number of aromatic nitrogens is 3. The molecule has 2 aromatic carbocycles. The highest BCUT2D eigenvalue weighted by atomic mass is 32.2. The molecule has 0 aliphatic rings. The van der Waals surface area contributed by atoms with E-state index in [-0.39, 0.29) is 11.7 Å². The van der Waals surface area contributed by atoms with Crippen molar-refractivity contribution in [2.24, 2.45) is 0 Å². The molecule has 0 radical (unpaired) electrons. The van der Waals surface area contributed by atoms with E-state index in [9.17, 15) is 4.79 Å². The zero-order valence-electron chi connectivity index (χ0n) is 16.4. The van der Waals surface area contributed by atoms with Crippen LogP contribution in [0.25, 0.3) is 10.7 Å². The molecule has 30 heavy (non-hydrogen) atoms. The smallest absolute Gasteiger partial charge is 0.234 e. The summed E-state index contributed by atoms with van der Waals surface area (Å²) >= 11 is 3.02. The zero-order valence-corrected chi connectivity index (χ0v) is 18.0. The highest BCUT2D eigenvalue weighted by Crippen LogP contribution is 2.27. The van der Waals surface area contributed by atoms with Crippen LogP contribution in [0.2, 0.25) is 0 Å². The van der Waals surface area contributed by atoms with Gasteiger partial charge in [0.15, 0.2) is 11.0 Å². The van der Waals surface area contributed by atoms with Crippen molar-refractivity contribution in [2.45, 2.75) is 18.6 Å². The normalized spacial score (nSPS) is 10.7. The predicted molar refractivity (Wildman–Crippen MR) is 125 cm³/mol. The first-order chi connectivity index (χ1) is 14.7. The third-order valence-corrected chi connectivity index (χ3v) is 6.17. The van der Waals surface area contributed by atoms with Gasteiger partial charge in [-0.1, -0.05) is 36.0 Å². The van der Waals surface area contributed by atoms with Gasteiger partial charge in [0.25, 0.3) is 0 Å². The van der Waals surface area contributed by atoms with Gasteiger partial charge in [0.05, 0.1) is 10.6 Å². The number of nitrogens with zero attached hydrogens (tertiary/aromatic N) is 3. The van der Waals surface area contributed by atoms with E-state index in [1.807, 2.05) is 76.7 Å². The maximum absolute atomic E-state index is 12.4. The molecule has 8 heteroatoms. The van der Waals surface area contributed by atoms with E-state index in [0.717, 1.165) is 39.5 Å². The molecule has 0 aliphatic carbocycles. The SMILES string of the molecule is CCn1c(SCC(=O)Nc2ccc(Nc3ccccc3)cc2)nnc1-c1cccs1. The molecule has 0 fully saturated rings. The molecule has 2 aromatic heterocycles. The van der Waals surface area contributed by atoms with E-state index in [4.69, 9.17) is 0 Å². The first kappa shape index (κ1) is 20.2. The Labute approximate surface area is 183 Å². The Hall–Kier alpha value is -3.10. The lowest BCUT2D eigenvalue weighted by molar-refractivity contribution is -0.113. The third kappa shape index (κ3) is 4.90. The molecule has 2 heterocycles. The number of carbonyl (C=O) groups is 1. The van der Waals surface area contributed by atoms with Crippen LogP contribution >= 0.6 is 23.1 Å². The first-order valence-electron chi connectivity index (χ1n) is 9.55. The summed E-state index contributed by atoms with van der Waals surface area (Å²) in [4.78, 5) is 13.5. The van der Waals surface area contributed by atoms with Crippen molar-refractivity contribution in [3.63, 3.8) is 0 Å². The van der Waals surface area contributed by atoms with Gasteiger partial charge in [-0.2, -0.15) is 0 Å². The standard InChI is InChI=1S/C22H21N5OS2/c1-2-27-21(19-9-6-14-29-19)25-26-22(27)30-15-20(28)24-18-12-10-17(11-13-18)23-16-7-4-3-5-8-16/h3-14,23H,2,15H2,1H3,(H,24,28). The topological polar surface area (TPSA) is 71.8 Å². The van der Waals surface area contributed by atoms with E-state index < -0.39 is 0 Å². The molecule has 1 amide bonds.